The quantitative estimate of drug-likeness (QED) is 0.736. The van der Waals surface area contributed by atoms with E-state index in [0.29, 0.717) is 13.0 Å². The van der Waals surface area contributed by atoms with E-state index in [0.717, 1.165) is 6.20 Å². The molecule has 0 aliphatic carbocycles. The van der Waals surface area contributed by atoms with E-state index in [2.05, 4.69) is 5.10 Å². The minimum Gasteiger partial charge on any atom is -0.381 e. The molecule has 0 amide bonds. The molecule has 11 heteroatoms. The Balaban J connectivity index is 2.89. The third kappa shape index (κ3) is 3.82. The lowest BCUT2D eigenvalue weighted by Crippen LogP contribution is -2.41. The molecule has 0 aliphatic rings. The van der Waals surface area contributed by atoms with E-state index in [1.165, 1.54) is 9.40 Å². The molecule has 1 aromatic rings. The van der Waals surface area contributed by atoms with E-state index in [-0.39, 0.29) is 5.82 Å². The standard InChI is InChI=1S/C9H14F4N4O2S/c1-2-3-17-4-6(7(14)16-17)20(18,19)15-5-9(12,13)8(10)11/h4,8,15H,2-3,5H2,1H3,(H2,14,16). The van der Waals surface area contributed by atoms with Gasteiger partial charge in [0.2, 0.25) is 10.0 Å². The van der Waals surface area contributed by atoms with Gasteiger partial charge in [-0.1, -0.05) is 6.92 Å². The van der Waals surface area contributed by atoms with Gasteiger partial charge >= 0.3 is 12.3 Å². The summed E-state index contributed by atoms with van der Waals surface area (Å²) in [6, 6.07) is 0. The highest BCUT2D eigenvalue weighted by Crippen LogP contribution is 2.23. The summed E-state index contributed by atoms with van der Waals surface area (Å²) < 4.78 is 75.3. The van der Waals surface area contributed by atoms with Gasteiger partial charge in [0.05, 0.1) is 6.54 Å². The number of anilines is 1. The fourth-order valence-corrected chi connectivity index (χ4v) is 2.43. The number of sulfonamides is 1. The molecule has 0 unspecified atom stereocenters. The Hall–Kier alpha value is -1.36. The van der Waals surface area contributed by atoms with Gasteiger partial charge in [0, 0.05) is 12.7 Å². The number of nitrogens with one attached hydrogen (secondary N) is 1. The van der Waals surface area contributed by atoms with Gasteiger partial charge in [-0.05, 0) is 6.42 Å². The van der Waals surface area contributed by atoms with Gasteiger partial charge in [-0.15, -0.1) is 0 Å². The normalized spacial score (nSPS) is 13.1. The van der Waals surface area contributed by atoms with E-state index in [4.69, 9.17) is 5.73 Å². The fraction of sp³-hybridized carbons (Fsp3) is 0.667. The van der Waals surface area contributed by atoms with Crippen molar-refractivity contribution in [2.75, 3.05) is 12.3 Å². The Morgan fingerprint density at radius 2 is 2.10 bits per heavy atom. The predicted molar refractivity (Wildman–Crippen MR) is 63.1 cm³/mol. The van der Waals surface area contributed by atoms with Gasteiger partial charge < -0.3 is 5.73 Å². The molecule has 0 radical (unpaired) electrons. The number of nitrogens with two attached hydrogens (primary N) is 1. The van der Waals surface area contributed by atoms with Crippen molar-refractivity contribution in [3.63, 3.8) is 0 Å². The van der Waals surface area contributed by atoms with Crippen molar-refractivity contribution in [2.24, 2.45) is 0 Å². The number of nitrogen functional groups attached to an aromatic ring is 1. The molecule has 0 saturated heterocycles. The van der Waals surface area contributed by atoms with E-state index >= 15 is 0 Å². The van der Waals surface area contributed by atoms with Crippen molar-refractivity contribution in [1.29, 1.82) is 0 Å². The second kappa shape index (κ2) is 5.95. The number of aryl methyl sites for hydroxylation is 1. The van der Waals surface area contributed by atoms with Crippen LogP contribution in [0.4, 0.5) is 23.4 Å². The molecule has 20 heavy (non-hydrogen) atoms. The molecule has 0 atom stereocenters. The maximum Gasteiger partial charge on any atom is 0.320 e. The minimum atomic E-state index is -4.46. The average molecular weight is 318 g/mol. The van der Waals surface area contributed by atoms with Gasteiger partial charge in [-0.2, -0.15) is 13.9 Å². The first kappa shape index (κ1) is 16.7. The van der Waals surface area contributed by atoms with Crippen LogP contribution in [0.25, 0.3) is 0 Å². The van der Waals surface area contributed by atoms with Crippen LogP contribution in [0.3, 0.4) is 0 Å². The molecule has 1 aromatic heterocycles. The number of halogens is 4. The molecule has 0 aromatic carbocycles. The zero-order chi connectivity index (χ0) is 15.6. The third-order valence-electron chi connectivity index (χ3n) is 2.31. The van der Waals surface area contributed by atoms with Gasteiger partial charge in [0.15, 0.2) is 5.82 Å². The van der Waals surface area contributed by atoms with Crippen molar-refractivity contribution in [3.05, 3.63) is 6.20 Å². The SMILES string of the molecule is CCCn1cc(S(=O)(=O)NCC(F)(F)C(F)F)c(N)n1. The Morgan fingerprint density at radius 3 is 2.60 bits per heavy atom. The molecule has 0 bridgehead atoms. The second-order valence-corrected chi connectivity index (χ2v) is 5.76. The molecule has 3 N–H and O–H groups in total. The second-order valence-electron chi connectivity index (χ2n) is 4.03. The average Bonchev–Trinajstić information content (AvgIpc) is 2.69. The summed E-state index contributed by atoms with van der Waals surface area (Å²) in [7, 11) is -4.43. The maximum absolute atomic E-state index is 12.7. The summed E-state index contributed by atoms with van der Waals surface area (Å²) in [5.74, 6) is -4.84. The maximum atomic E-state index is 12.7. The fourth-order valence-electron chi connectivity index (χ4n) is 1.31. The van der Waals surface area contributed by atoms with Crippen LogP contribution in [0.5, 0.6) is 0 Å². The Labute approximate surface area is 113 Å². The van der Waals surface area contributed by atoms with E-state index in [1.807, 2.05) is 6.92 Å². The van der Waals surface area contributed by atoms with Crippen molar-refractivity contribution in [3.8, 4) is 0 Å². The molecule has 116 valence electrons. The summed E-state index contributed by atoms with van der Waals surface area (Å²) in [5, 5.41) is 3.69. The number of alkyl halides is 4. The zero-order valence-electron chi connectivity index (χ0n) is 10.5. The lowest BCUT2D eigenvalue weighted by molar-refractivity contribution is -0.122. The molecular weight excluding hydrogens is 304 g/mol. The van der Waals surface area contributed by atoms with Gasteiger partial charge in [0.1, 0.15) is 4.90 Å². The van der Waals surface area contributed by atoms with Crippen molar-refractivity contribution >= 4 is 15.8 Å². The van der Waals surface area contributed by atoms with Crippen LogP contribution in [0.15, 0.2) is 11.1 Å². The number of rotatable bonds is 7. The molecule has 0 saturated carbocycles. The number of hydrogen-bond acceptors (Lipinski definition) is 4. The molecule has 1 heterocycles. The Morgan fingerprint density at radius 1 is 1.50 bits per heavy atom. The van der Waals surface area contributed by atoms with E-state index in [1.54, 1.807) is 0 Å². The van der Waals surface area contributed by atoms with Crippen molar-refractivity contribution in [1.82, 2.24) is 14.5 Å². The molecule has 6 nitrogen and oxygen atoms in total. The molecule has 0 fully saturated rings. The van der Waals surface area contributed by atoms with E-state index < -0.39 is 33.8 Å². The highest BCUT2D eigenvalue weighted by molar-refractivity contribution is 7.89. The van der Waals surface area contributed by atoms with Crippen molar-refractivity contribution < 1.29 is 26.0 Å². The van der Waals surface area contributed by atoms with Crippen LogP contribution in [-0.4, -0.2) is 37.1 Å². The van der Waals surface area contributed by atoms with Crippen LogP contribution in [-0.2, 0) is 16.6 Å². The minimum absolute atomic E-state index is 0.382. The zero-order valence-corrected chi connectivity index (χ0v) is 11.3. The summed E-state index contributed by atoms with van der Waals surface area (Å²) >= 11 is 0. The number of hydrogen-bond donors (Lipinski definition) is 2. The summed E-state index contributed by atoms with van der Waals surface area (Å²) in [6.07, 6.45) is -2.26. The monoisotopic (exact) mass is 318 g/mol. The largest absolute Gasteiger partial charge is 0.381 e. The summed E-state index contributed by atoms with van der Waals surface area (Å²) in [4.78, 5) is -0.518. The summed E-state index contributed by atoms with van der Waals surface area (Å²) in [6.45, 7) is 0.478. The first-order chi connectivity index (χ1) is 9.10. The van der Waals surface area contributed by atoms with Crippen LogP contribution in [0.2, 0.25) is 0 Å². The van der Waals surface area contributed by atoms with Crippen LogP contribution >= 0.6 is 0 Å². The smallest absolute Gasteiger partial charge is 0.320 e. The topological polar surface area (TPSA) is 90.0 Å². The van der Waals surface area contributed by atoms with Gasteiger partial charge in [-0.25, -0.2) is 21.9 Å². The predicted octanol–water partition coefficient (Wildman–Crippen LogP) is 1.05. The molecule has 0 aliphatic heterocycles. The van der Waals surface area contributed by atoms with Crippen LogP contribution < -0.4 is 10.5 Å². The Bertz CT molecular complexity index is 558. The highest BCUT2D eigenvalue weighted by atomic mass is 32.2. The lowest BCUT2D eigenvalue weighted by atomic mass is 10.4. The Kier molecular flexibility index (Phi) is 4.97. The van der Waals surface area contributed by atoms with Crippen LogP contribution in [0.1, 0.15) is 13.3 Å². The first-order valence-electron chi connectivity index (χ1n) is 5.58. The van der Waals surface area contributed by atoms with E-state index in [9.17, 15) is 26.0 Å². The number of nitrogens with zero attached hydrogens (tertiary/aromatic N) is 2. The third-order valence-corrected chi connectivity index (χ3v) is 3.73. The first-order valence-corrected chi connectivity index (χ1v) is 7.07. The van der Waals surface area contributed by atoms with Gasteiger partial charge in [-0.3, -0.25) is 4.68 Å². The number of aromatic nitrogens is 2. The summed E-state index contributed by atoms with van der Waals surface area (Å²) in [5.41, 5.74) is 5.37. The molecule has 1 rings (SSSR count). The van der Waals surface area contributed by atoms with Crippen molar-refractivity contribution in [2.45, 2.75) is 37.1 Å². The lowest BCUT2D eigenvalue weighted by Gasteiger charge is -2.15. The molecule has 0 spiro atoms. The molecular formula is C9H14F4N4O2S. The van der Waals surface area contributed by atoms with Gasteiger partial charge in [0.25, 0.3) is 0 Å². The highest BCUT2D eigenvalue weighted by Gasteiger charge is 2.41. The van der Waals surface area contributed by atoms with Crippen LogP contribution in [0, 0.1) is 0 Å².